The Hall–Kier alpha value is -2.12. The van der Waals surface area contributed by atoms with Crippen LogP contribution < -0.4 is 5.32 Å². The summed E-state index contributed by atoms with van der Waals surface area (Å²) in [6, 6.07) is 3.99. The Morgan fingerprint density at radius 2 is 2.00 bits per heavy atom. The topological polar surface area (TPSA) is 55.6 Å². The van der Waals surface area contributed by atoms with Crippen LogP contribution in [0.5, 0.6) is 0 Å². The number of rotatable bonds is 3. The van der Waals surface area contributed by atoms with E-state index in [1.165, 1.54) is 12.1 Å². The molecule has 0 saturated heterocycles. The number of aromatic nitrogens is 4. The first kappa shape index (κ1) is 13.3. The highest BCUT2D eigenvalue weighted by atomic mass is 19.4. The fraction of sp³-hybridized carbons (Fsp3) is 0.364. The van der Waals surface area contributed by atoms with Crippen molar-refractivity contribution in [1.29, 1.82) is 0 Å². The lowest BCUT2D eigenvalue weighted by Gasteiger charge is -2.09. The first-order valence-electron chi connectivity index (χ1n) is 5.63. The molecule has 2 aromatic heterocycles. The summed E-state index contributed by atoms with van der Waals surface area (Å²) in [6.45, 7) is 1.74. The maximum atomic E-state index is 12.9. The molecule has 0 fully saturated rings. The van der Waals surface area contributed by atoms with Crippen LogP contribution in [0.15, 0.2) is 18.2 Å². The molecule has 19 heavy (non-hydrogen) atoms. The van der Waals surface area contributed by atoms with Gasteiger partial charge in [0.2, 0.25) is 0 Å². The number of hydrogen-bond acceptors (Lipinski definition) is 4. The Labute approximate surface area is 107 Å². The summed E-state index contributed by atoms with van der Waals surface area (Å²) in [5.74, 6) is 0.506. The number of nitrogens with one attached hydrogen (secondary N) is 1. The SMILES string of the molecule is CCc1cc(C(F)(F)F)n(-c2ccc(NC)nn2)n1. The molecule has 2 heterocycles. The molecule has 5 nitrogen and oxygen atoms in total. The van der Waals surface area contributed by atoms with Crippen molar-refractivity contribution >= 4 is 5.82 Å². The molecule has 2 aromatic rings. The summed E-state index contributed by atoms with van der Waals surface area (Å²) in [6.07, 6.45) is -4.07. The summed E-state index contributed by atoms with van der Waals surface area (Å²) in [4.78, 5) is 0. The predicted octanol–water partition coefficient (Wildman–Crippen LogP) is 2.29. The van der Waals surface area contributed by atoms with Gasteiger partial charge in [0.1, 0.15) is 11.5 Å². The van der Waals surface area contributed by atoms with Crippen molar-refractivity contribution in [2.75, 3.05) is 12.4 Å². The molecular formula is C11H12F3N5. The molecule has 0 aliphatic carbocycles. The Morgan fingerprint density at radius 1 is 1.26 bits per heavy atom. The molecule has 0 aliphatic rings. The lowest BCUT2D eigenvalue weighted by Crippen LogP contribution is -2.14. The predicted molar refractivity (Wildman–Crippen MR) is 63.1 cm³/mol. The van der Waals surface area contributed by atoms with Gasteiger partial charge in [-0.2, -0.15) is 18.3 Å². The van der Waals surface area contributed by atoms with Gasteiger partial charge in [0.05, 0.1) is 5.69 Å². The maximum Gasteiger partial charge on any atom is 0.433 e. The van der Waals surface area contributed by atoms with Crippen LogP contribution in [0.1, 0.15) is 18.3 Å². The van der Waals surface area contributed by atoms with Crippen LogP contribution in [0, 0.1) is 0 Å². The van der Waals surface area contributed by atoms with Crippen LogP contribution in [0.3, 0.4) is 0 Å². The number of anilines is 1. The minimum Gasteiger partial charge on any atom is -0.372 e. The first-order chi connectivity index (χ1) is 8.95. The van der Waals surface area contributed by atoms with E-state index in [2.05, 4.69) is 20.6 Å². The molecule has 0 spiro atoms. The molecule has 8 heteroatoms. The van der Waals surface area contributed by atoms with Gasteiger partial charge in [0.15, 0.2) is 5.82 Å². The van der Waals surface area contributed by atoms with Gasteiger partial charge in [-0.15, -0.1) is 10.2 Å². The van der Waals surface area contributed by atoms with Crippen molar-refractivity contribution in [3.8, 4) is 5.82 Å². The molecule has 0 aliphatic heterocycles. The quantitative estimate of drug-likeness (QED) is 0.930. The zero-order valence-corrected chi connectivity index (χ0v) is 10.4. The number of alkyl halides is 3. The van der Waals surface area contributed by atoms with E-state index >= 15 is 0 Å². The third kappa shape index (κ3) is 2.67. The molecule has 0 unspecified atom stereocenters. The number of aryl methyl sites for hydroxylation is 1. The maximum absolute atomic E-state index is 12.9. The van der Waals surface area contributed by atoms with Crippen LogP contribution in [0.2, 0.25) is 0 Å². The van der Waals surface area contributed by atoms with Crippen molar-refractivity contribution < 1.29 is 13.2 Å². The van der Waals surface area contributed by atoms with Gasteiger partial charge >= 0.3 is 6.18 Å². The van der Waals surface area contributed by atoms with E-state index < -0.39 is 11.9 Å². The van der Waals surface area contributed by atoms with E-state index in [4.69, 9.17) is 0 Å². The second kappa shape index (κ2) is 4.87. The molecular weight excluding hydrogens is 259 g/mol. The Kier molecular flexibility index (Phi) is 3.41. The van der Waals surface area contributed by atoms with Gasteiger partial charge in [-0.05, 0) is 24.6 Å². The average molecular weight is 271 g/mol. The second-order valence-electron chi connectivity index (χ2n) is 3.81. The molecule has 102 valence electrons. The molecule has 0 bridgehead atoms. The summed E-state index contributed by atoms with van der Waals surface area (Å²) < 4.78 is 39.5. The second-order valence-corrected chi connectivity index (χ2v) is 3.81. The highest BCUT2D eigenvalue weighted by Crippen LogP contribution is 2.31. The van der Waals surface area contributed by atoms with E-state index in [1.54, 1.807) is 14.0 Å². The Bertz CT molecular complexity index is 559. The minimum atomic E-state index is -4.48. The van der Waals surface area contributed by atoms with Crippen LogP contribution in [-0.4, -0.2) is 27.0 Å². The van der Waals surface area contributed by atoms with Crippen molar-refractivity contribution in [3.05, 3.63) is 29.6 Å². The van der Waals surface area contributed by atoms with Crippen LogP contribution in [0.25, 0.3) is 5.82 Å². The molecule has 0 amide bonds. The summed E-state index contributed by atoms with van der Waals surface area (Å²) in [5, 5.41) is 14.1. The van der Waals surface area contributed by atoms with Crippen LogP contribution in [-0.2, 0) is 12.6 Å². The van der Waals surface area contributed by atoms with E-state index in [-0.39, 0.29) is 5.82 Å². The summed E-state index contributed by atoms with van der Waals surface area (Å²) in [5.41, 5.74) is -0.498. The molecule has 0 atom stereocenters. The summed E-state index contributed by atoms with van der Waals surface area (Å²) in [7, 11) is 1.65. The lowest BCUT2D eigenvalue weighted by atomic mass is 10.3. The monoisotopic (exact) mass is 271 g/mol. The molecule has 0 saturated carbocycles. The molecule has 0 aromatic carbocycles. The normalized spacial score (nSPS) is 11.6. The number of nitrogens with zero attached hydrogens (tertiary/aromatic N) is 4. The van der Waals surface area contributed by atoms with E-state index in [1.807, 2.05) is 0 Å². The average Bonchev–Trinajstić information content (AvgIpc) is 2.83. The fourth-order valence-electron chi connectivity index (χ4n) is 1.55. The van der Waals surface area contributed by atoms with E-state index in [0.717, 1.165) is 10.7 Å². The first-order valence-corrected chi connectivity index (χ1v) is 5.63. The highest BCUT2D eigenvalue weighted by Gasteiger charge is 2.36. The van der Waals surface area contributed by atoms with Gasteiger partial charge in [-0.25, -0.2) is 4.68 Å². The van der Waals surface area contributed by atoms with Gasteiger partial charge in [0.25, 0.3) is 0 Å². The highest BCUT2D eigenvalue weighted by molar-refractivity contribution is 5.36. The van der Waals surface area contributed by atoms with Crippen molar-refractivity contribution in [2.24, 2.45) is 0 Å². The zero-order valence-electron chi connectivity index (χ0n) is 10.4. The standard InChI is InChI=1S/C11H12F3N5/c1-3-7-6-8(11(12,13)14)19(18-7)10-5-4-9(15-2)16-17-10/h4-6H,3H2,1-2H3,(H,15,16). The van der Waals surface area contributed by atoms with Crippen LogP contribution in [0.4, 0.5) is 19.0 Å². The fourth-order valence-corrected chi connectivity index (χ4v) is 1.55. The van der Waals surface area contributed by atoms with Gasteiger partial charge < -0.3 is 5.32 Å². The molecule has 1 N–H and O–H groups in total. The van der Waals surface area contributed by atoms with Gasteiger partial charge in [-0.1, -0.05) is 6.92 Å². The van der Waals surface area contributed by atoms with Gasteiger partial charge in [-0.3, -0.25) is 0 Å². The lowest BCUT2D eigenvalue weighted by molar-refractivity contribution is -0.142. The van der Waals surface area contributed by atoms with Crippen molar-refractivity contribution in [1.82, 2.24) is 20.0 Å². The van der Waals surface area contributed by atoms with Crippen molar-refractivity contribution in [3.63, 3.8) is 0 Å². The Balaban J connectivity index is 2.50. The minimum absolute atomic E-state index is 0.0334. The number of hydrogen-bond donors (Lipinski definition) is 1. The number of halogens is 3. The Morgan fingerprint density at radius 3 is 2.47 bits per heavy atom. The molecule has 2 rings (SSSR count). The zero-order chi connectivity index (χ0) is 14.0. The molecule has 0 radical (unpaired) electrons. The third-order valence-electron chi connectivity index (χ3n) is 2.54. The van der Waals surface area contributed by atoms with E-state index in [9.17, 15) is 13.2 Å². The third-order valence-corrected chi connectivity index (χ3v) is 2.54. The largest absolute Gasteiger partial charge is 0.433 e. The van der Waals surface area contributed by atoms with E-state index in [0.29, 0.717) is 17.9 Å². The smallest absolute Gasteiger partial charge is 0.372 e. The van der Waals surface area contributed by atoms with Crippen LogP contribution >= 0.6 is 0 Å². The summed E-state index contributed by atoms with van der Waals surface area (Å²) >= 11 is 0. The van der Waals surface area contributed by atoms with Crippen molar-refractivity contribution in [2.45, 2.75) is 19.5 Å². The van der Waals surface area contributed by atoms with Gasteiger partial charge in [0, 0.05) is 7.05 Å².